The predicted octanol–water partition coefficient (Wildman–Crippen LogP) is 6.09. The molecule has 3 saturated carbocycles. The third-order valence-corrected chi connectivity index (χ3v) is 6.50. The van der Waals surface area contributed by atoms with E-state index in [1.165, 1.54) is 77.0 Å². The summed E-state index contributed by atoms with van der Waals surface area (Å²) >= 11 is 0. The van der Waals surface area contributed by atoms with Gasteiger partial charge in [-0.3, -0.25) is 0 Å². The van der Waals surface area contributed by atoms with Crippen LogP contribution in [0.2, 0.25) is 0 Å². The third-order valence-electron chi connectivity index (χ3n) is 6.50. The molecule has 0 unspecified atom stereocenters. The van der Waals surface area contributed by atoms with E-state index in [4.69, 9.17) is 4.74 Å². The van der Waals surface area contributed by atoms with Crippen molar-refractivity contribution in [3.05, 3.63) is 17.8 Å². The number of hydrogen-bond donors (Lipinski definition) is 0. The van der Waals surface area contributed by atoms with Gasteiger partial charge >= 0.3 is 0 Å². The van der Waals surface area contributed by atoms with Crippen molar-refractivity contribution in [3.63, 3.8) is 0 Å². The predicted molar refractivity (Wildman–Crippen MR) is 93.2 cm³/mol. The van der Waals surface area contributed by atoms with Crippen LogP contribution in [-0.4, -0.2) is 12.7 Å². The van der Waals surface area contributed by atoms with Gasteiger partial charge in [0.05, 0.1) is 12.7 Å². The van der Waals surface area contributed by atoms with Crippen LogP contribution >= 0.6 is 0 Å². The lowest BCUT2D eigenvalue weighted by Crippen LogP contribution is -2.26. The molecule has 0 saturated heterocycles. The summed E-state index contributed by atoms with van der Waals surface area (Å²) in [5, 5.41) is 0. The van der Waals surface area contributed by atoms with E-state index in [9.17, 15) is 0 Å². The summed E-state index contributed by atoms with van der Waals surface area (Å²) in [6, 6.07) is 0. The summed E-state index contributed by atoms with van der Waals surface area (Å²) in [4.78, 5) is 0. The van der Waals surface area contributed by atoms with E-state index in [1.54, 1.807) is 11.8 Å². The second-order valence-corrected chi connectivity index (χ2v) is 8.33. The lowest BCUT2D eigenvalue weighted by atomic mass is 9.69. The molecule has 0 N–H and O–H groups in total. The Labute approximate surface area is 138 Å². The van der Waals surface area contributed by atoms with Gasteiger partial charge in [0.1, 0.15) is 0 Å². The van der Waals surface area contributed by atoms with Gasteiger partial charge in [-0.15, -0.1) is 0 Å². The first-order valence-corrected chi connectivity index (χ1v) is 9.81. The van der Waals surface area contributed by atoms with Crippen molar-refractivity contribution in [3.8, 4) is 0 Å². The van der Waals surface area contributed by atoms with Crippen molar-refractivity contribution in [2.24, 2.45) is 11.8 Å². The van der Waals surface area contributed by atoms with Crippen LogP contribution in [0, 0.1) is 29.6 Å². The first kappa shape index (κ1) is 16.8. The minimum atomic E-state index is 0.545. The molecule has 22 heavy (non-hydrogen) atoms. The Balaban J connectivity index is 1.32. The van der Waals surface area contributed by atoms with Crippen LogP contribution in [0.4, 0.5) is 0 Å². The Morgan fingerprint density at radius 2 is 1.45 bits per heavy atom. The zero-order valence-electron chi connectivity index (χ0n) is 14.8. The van der Waals surface area contributed by atoms with Crippen molar-refractivity contribution in [1.29, 1.82) is 0 Å². The molecule has 0 heterocycles. The van der Waals surface area contributed by atoms with Gasteiger partial charge in [0.15, 0.2) is 0 Å². The van der Waals surface area contributed by atoms with Crippen LogP contribution in [0.5, 0.6) is 0 Å². The van der Waals surface area contributed by atoms with Gasteiger partial charge < -0.3 is 4.74 Å². The molecule has 3 aliphatic rings. The van der Waals surface area contributed by atoms with E-state index in [-0.39, 0.29) is 0 Å². The second kappa shape index (κ2) is 8.18. The van der Waals surface area contributed by atoms with Gasteiger partial charge in [0.2, 0.25) is 0 Å². The standard InChI is InChI=1S/C21H35O/c1-16-3-9-19(10-4-16)20-11-7-18(8-12-20)15-22-21-13-5-17(2)6-14-21/h16,20-21H,3-15H2,1-2H3. The Morgan fingerprint density at radius 1 is 0.818 bits per heavy atom. The van der Waals surface area contributed by atoms with Gasteiger partial charge in [0, 0.05) is 5.92 Å². The lowest BCUT2D eigenvalue weighted by Gasteiger charge is -2.37. The van der Waals surface area contributed by atoms with E-state index in [0.717, 1.165) is 18.4 Å². The SMILES string of the molecule is C[C]1CCC(OC[C]2CCC([C]3CCC(C)CC3)CC2)CC1. The fourth-order valence-electron chi connectivity index (χ4n) is 4.61. The van der Waals surface area contributed by atoms with E-state index >= 15 is 0 Å². The minimum absolute atomic E-state index is 0.545. The Bertz CT molecular complexity index is 302. The highest BCUT2D eigenvalue weighted by atomic mass is 16.5. The highest BCUT2D eigenvalue weighted by Crippen LogP contribution is 2.43. The molecule has 0 spiro atoms. The molecule has 0 atom stereocenters. The van der Waals surface area contributed by atoms with Gasteiger partial charge in [-0.2, -0.15) is 0 Å². The van der Waals surface area contributed by atoms with Gasteiger partial charge in [-0.05, 0) is 87.9 Å². The van der Waals surface area contributed by atoms with E-state index in [2.05, 4.69) is 13.8 Å². The number of ether oxygens (including phenoxy) is 1. The largest absolute Gasteiger partial charge is 0.378 e. The zero-order valence-corrected chi connectivity index (χ0v) is 14.8. The van der Waals surface area contributed by atoms with Crippen LogP contribution in [-0.2, 0) is 4.74 Å². The average molecular weight is 304 g/mol. The third kappa shape index (κ3) is 4.73. The molecule has 0 bridgehead atoms. The molecule has 0 amide bonds. The number of hydrogen-bond acceptors (Lipinski definition) is 1. The summed E-state index contributed by atoms with van der Waals surface area (Å²) < 4.78 is 6.21. The first-order valence-electron chi connectivity index (χ1n) is 9.81. The van der Waals surface area contributed by atoms with Crippen molar-refractivity contribution in [2.75, 3.05) is 6.61 Å². The Kier molecular flexibility index (Phi) is 6.24. The van der Waals surface area contributed by atoms with Crippen LogP contribution in [0.3, 0.4) is 0 Å². The van der Waals surface area contributed by atoms with Crippen molar-refractivity contribution < 1.29 is 4.74 Å². The average Bonchev–Trinajstić information content (AvgIpc) is 2.56. The summed E-state index contributed by atoms with van der Waals surface area (Å²) in [7, 11) is 0. The van der Waals surface area contributed by atoms with Crippen LogP contribution in [0.15, 0.2) is 0 Å². The van der Waals surface area contributed by atoms with Crippen molar-refractivity contribution in [2.45, 2.75) is 97.0 Å². The summed E-state index contributed by atoms with van der Waals surface area (Å²) in [6.07, 6.45) is 16.9. The highest BCUT2D eigenvalue weighted by molar-refractivity contribution is 5.06. The van der Waals surface area contributed by atoms with Crippen LogP contribution < -0.4 is 0 Å². The van der Waals surface area contributed by atoms with Crippen LogP contribution in [0.25, 0.3) is 0 Å². The zero-order chi connectivity index (χ0) is 15.4. The molecule has 125 valence electrons. The topological polar surface area (TPSA) is 9.23 Å². The molecule has 3 rings (SSSR count). The highest BCUT2D eigenvalue weighted by Gasteiger charge is 2.31. The Hall–Kier alpha value is -0.0400. The molecule has 3 radical (unpaired) electrons. The fraction of sp³-hybridized carbons (Fsp3) is 0.857. The molecule has 0 aliphatic heterocycles. The van der Waals surface area contributed by atoms with Gasteiger partial charge in [-0.25, -0.2) is 0 Å². The molecule has 0 aromatic rings. The normalized spacial score (nSPS) is 29.2. The van der Waals surface area contributed by atoms with Gasteiger partial charge in [-0.1, -0.05) is 26.7 Å². The van der Waals surface area contributed by atoms with Crippen molar-refractivity contribution >= 4 is 0 Å². The lowest BCUT2D eigenvalue weighted by molar-refractivity contribution is 0.0328. The van der Waals surface area contributed by atoms with Crippen LogP contribution in [0.1, 0.15) is 90.9 Å². The quantitative estimate of drug-likeness (QED) is 0.610. The summed E-state index contributed by atoms with van der Waals surface area (Å²) in [5.74, 6) is 7.21. The van der Waals surface area contributed by atoms with E-state index in [0.29, 0.717) is 6.10 Å². The van der Waals surface area contributed by atoms with E-state index in [1.807, 2.05) is 5.92 Å². The maximum atomic E-state index is 6.21. The molecular formula is C21H35O. The monoisotopic (exact) mass is 303 g/mol. The van der Waals surface area contributed by atoms with Crippen molar-refractivity contribution in [1.82, 2.24) is 0 Å². The molecule has 3 fully saturated rings. The maximum Gasteiger partial charge on any atom is 0.0575 e. The first-order chi connectivity index (χ1) is 10.7. The second-order valence-electron chi connectivity index (χ2n) is 8.33. The molecule has 0 aromatic heterocycles. The number of rotatable bonds is 4. The molecule has 1 nitrogen and oxygen atoms in total. The Morgan fingerprint density at radius 3 is 2.09 bits per heavy atom. The molecular weight excluding hydrogens is 268 g/mol. The molecule has 3 aliphatic carbocycles. The van der Waals surface area contributed by atoms with E-state index < -0.39 is 0 Å². The maximum absolute atomic E-state index is 6.21. The molecule has 1 heteroatoms. The summed E-state index contributed by atoms with van der Waals surface area (Å²) in [6.45, 7) is 5.68. The smallest absolute Gasteiger partial charge is 0.0575 e. The van der Waals surface area contributed by atoms with Gasteiger partial charge in [0.25, 0.3) is 0 Å². The molecule has 0 aromatic carbocycles. The fourth-order valence-corrected chi connectivity index (χ4v) is 4.61. The minimum Gasteiger partial charge on any atom is -0.378 e. The summed E-state index contributed by atoms with van der Waals surface area (Å²) in [5.41, 5.74) is 0.